The second kappa shape index (κ2) is 11.2. The summed E-state index contributed by atoms with van der Waals surface area (Å²) < 4.78 is 23.3. The van der Waals surface area contributed by atoms with E-state index in [1.54, 1.807) is 23.1 Å². The third-order valence-corrected chi connectivity index (χ3v) is 6.39. The molecule has 0 bridgehead atoms. The van der Waals surface area contributed by atoms with Gasteiger partial charge in [0.2, 0.25) is 11.9 Å². The highest BCUT2D eigenvalue weighted by molar-refractivity contribution is 7.90. The molecule has 35 heavy (non-hydrogen) atoms. The van der Waals surface area contributed by atoms with E-state index >= 15 is 0 Å². The summed E-state index contributed by atoms with van der Waals surface area (Å²) in [4.78, 5) is 32.6. The molecular formula is C22H30N8O4S. The number of piperidine rings is 1. The first kappa shape index (κ1) is 26.0. The van der Waals surface area contributed by atoms with Gasteiger partial charge in [-0.15, -0.1) is 10.2 Å². The highest BCUT2D eigenvalue weighted by atomic mass is 32.2. The summed E-state index contributed by atoms with van der Waals surface area (Å²) in [5.74, 6) is -0.614. The summed E-state index contributed by atoms with van der Waals surface area (Å²) in [5.41, 5.74) is 5.75. The molecule has 188 valence electrons. The predicted octanol–water partition coefficient (Wildman–Crippen LogP) is 0.638. The Morgan fingerprint density at radius 3 is 2.57 bits per heavy atom. The van der Waals surface area contributed by atoms with Crippen LogP contribution in [0.4, 0.5) is 17.5 Å². The number of anilines is 3. The fraction of sp³-hybridized carbons (Fsp3) is 0.409. The molecule has 2 aromatic rings. The fourth-order valence-electron chi connectivity index (χ4n) is 3.51. The van der Waals surface area contributed by atoms with Crippen molar-refractivity contribution in [2.75, 3.05) is 50.6 Å². The summed E-state index contributed by atoms with van der Waals surface area (Å²) in [5, 5.41) is 14.0. The first-order valence-electron chi connectivity index (χ1n) is 11.0. The normalized spacial score (nSPS) is 16.5. The van der Waals surface area contributed by atoms with Gasteiger partial charge >= 0.3 is 0 Å². The minimum atomic E-state index is -3.34. The van der Waals surface area contributed by atoms with E-state index < -0.39 is 15.7 Å². The lowest BCUT2D eigenvalue weighted by molar-refractivity contribution is -0.127. The Bertz CT molecular complexity index is 1200. The molecule has 0 unspecified atom stereocenters. The van der Waals surface area contributed by atoms with Crippen LogP contribution in [-0.4, -0.2) is 91.2 Å². The molecule has 1 aliphatic rings. The van der Waals surface area contributed by atoms with Gasteiger partial charge in [0.1, 0.15) is 0 Å². The molecule has 1 aromatic heterocycles. The number of benzene rings is 1. The molecule has 1 aliphatic heterocycles. The molecular weight excluding hydrogens is 472 g/mol. The molecule has 1 aromatic carbocycles. The maximum atomic E-state index is 12.5. The molecule has 2 heterocycles. The molecule has 0 spiro atoms. The van der Waals surface area contributed by atoms with Crippen molar-refractivity contribution in [3.63, 3.8) is 0 Å². The number of nitrogens with zero attached hydrogens (tertiary/aromatic N) is 5. The number of carbonyl (C=O) groups excluding carboxylic acids is 2. The number of sulfone groups is 1. The van der Waals surface area contributed by atoms with E-state index in [0.29, 0.717) is 25.3 Å². The first-order chi connectivity index (χ1) is 16.5. The highest BCUT2D eigenvalue weighted by Gasteiger charge is 2.24. The first-order valence-corrected chi connectivity index (χ1v) is 12.9. The van der Waals surface area contributed by atoms with Crippen molar-refractivity contribution in [3.8, 4) is 0 Å². The standard InChI is InChI=1S/C22H30N8O4S/c1-29(2)12-5-7-18(31)30-13-4-6-16(14-30)25-22-26-21(19(20(23)32)27-28-22)24-15-8-10-17(11-9-15)35(3,33)34/h5,7-11,16H,4,6,12-14H2,1-3H3,(H2,23,32)(H2,24,25,26,28)/t16-/m1/s1. The number of primary amides is 1. The Morgan fingerprint density at radius 2 is 1.94 bits per heavy atom. The van der Waals surface area contributed by atoms with E-state index in [1.165, 1.54) is 12.1 Å². The summed E-state index contributed by atoms with van der Waals surface area (Å²) in [6.07, 6.45) is 6.15. The summed E-state index contributed by atoms with van der Waals surface area (Å²) in [6, 6.07) is 5.87. The van der Waals surface area contributed by atoms with Crippen LogP contribution < -0.4 is 16.4 Å². The molecule has 12 nitrogen and oxygen atoms in total. The van der Waals surface area contributed by atoms with Gasteiger partial charge in [0.25, 0.3) is 5.91 Å². The van der Waals surface area contributed by atoms with Crippen molar-refractivity contribution in [2.24, 2.45) is 5.73 Å². The van der Waals surface area contributed by atoms with Gasteiger partial charge in [-0.3, -0.25) is 9.59 Å². The zero-order valence-corrected chi connectivity index (χ0v) is 20.7. The third kappa shape index (κ3) is 7.45. The number of hydrogen-bond donors (Lipinski definition) is 3. The lowest BCUT2D eigenvalue weighted by atomic mass is 10.1. The molecule has 1 saturated heterocycles. The number of nitrogens with two attached hydrogens (primary N) is 1. The zero-order valence-electron chi connectivity index (χ0n) is 19.9. The van der Waals surface area contributed by atoms with E-state index in [9.17, 15) is 18.0 Å². The van der Waals surface area contributed by atoms with Crippen LogP contribution in [-0.2, 0) is 14.6 Å². The lowest BCUT2D eigenvalue weighted by Crippen LogP contribution is -2.44. The van der Waals surface area contributed by atoms with Crippen LogP contribution in [0.5, 0.6) is 0 Å². The van der Waals surface area contributed by atoms with Crippen molar-refractivity contribution in [1.29, 1.82) is 0 Å². The van der Waals surface area contributed by atoms with Crippen molar-refractivity contribution in [1.82, 2.24) is 25.0 Å². The number of hydrogen-bond acceptors (Lipinski definition) is 10. The van der Waals surface area contributed by atoms with Crippen molar-refractivity contribution >= 4 is 39.1 Å². The van der Waals surface area contributed by atoms with Crippen LogP contribution >= 0.6 is 0 Å². The smallest absolute Gasteiger partial charge is 0.273 e. The van der Waals surface area contributed by atoms with Crippen molar-refractivity contribution < 1.29 is 18.0 Å². The maximum Gasteiger partial charge on any atom is 0.273 e. The quantitative estimate of drug-likeness (QED) is 0.415. The number of amides is 2. The second-order valence-corrected chi connectivity index (χ2v) is 10.6. The Balaban J connectivity index is 1.72. The van der Waals surface area contributed by atoms with Crippen LogP contribution in [0, 0.1) is 0 Å². The van der Waals surface area contributed by atoms with Crippen LogP contribution in [0.3, 0.4) is 0 Å². The van der Waals surface area contributed by atoms with Gasteiger partial charge in [-0.2, -0.15) is 4.98 Å². The van der Waals surface area contributed by atoms with E-state index in [2.05, 4.69) is 25.8 Å². The number of likely N-dealkylation sites (N-methyl/N-ethyl adjacent to an activating group) is 1. The molecule has 3 rings (SSSR count). The van der Waals surface area contributed by atoms with Gasteiger partial charge in [0.15, 0.2) is 21.3 Å². The summed E-state index contributed by atoms with van der Waals surface area (Å²) in [7, 11) is 0.522. The van der Waals surface area contributed by atoms with Crippen LogP contribution in [0.15, 0.2) is 41.3 Å². The summed E-state index contributed by atoms with van der Waals surface area (Å²) in [6.45, 7) is 1.82. The molecule has 4 N–H and O–H groups in total. The van der Waals surface area contributed by atoms with E-state index in [0.717, 1.165) is 19.1 Å². The number of nitrogens with one attached hydrogen (secondary N) is 2. The molecule has 1 atom stereocenters. The van der Waals surface area contributed by atoms with Gasteiger partial charge in [0.05, 0.1) is 4.90 Å². The molecule has 13 heteroatoms. The second-order valence-electron chi connectivity index (χ2n) is 8.55. The number of aromatic nitrogens is 3. The van der Waals surface area contributed by atoms with Gasteiger partial charge in [-0.05, 0) is 51.2 Å². The predicted molar refractivity (Wildman–Crippen MR) is 132 cm³/mol. The van der Waals surface area contributed by atoms with Crippen LogP contribution in [0.1, 0.15) is 23.3 Å². The van der Waals surface area contributed by atoms with E-state index in [4.69, 9.17) is 5.73 Å². The molecule has 2 amide bonds. The Kier molecular flexibility index (Phi) is 8.35. The summed E-state index contributed by atoms with van der Waals surface area (Å²) >= 11 is 0. The van der Waals surface area contributed by atoms with E-state index in [1.807, 2.05) is 25.1 Å². The van der Waals surface area contributed by atoms with Crippen LogP contribution in [0.25, 0.3) is 0 Å². The molecule has 0 saturated carbocycles. The zero-order chi connectivity index (χ0) is 25.6. The SMILES string of the molecule is CN(C)CC=CC(=O)N1CCC[C@@H](Nc2nnc(C(N)=O)c(Nc3ccc(S(C)(=O)=O)cc3)n2)C1. The third-order valence-electron chi connectivity index (χ3n) is 5.26. The monoisotopic (exact) mass is 502 g/mol. The minimum Gasteiger partial charge on any atom is -0.364 e. The topological polar surface area (TPSA) is 164 Å². The lowest BCUT2D eigenvalue weighted by Gasteiger charge is -2.32. The van der Waals surface area contributed by atoms with Crippen LogP contribution in [0.2, 0.25) is 0 Å². The van der Waals surface area contributed by atoms with Gasteiger partial charge < -0.3 is 26.2 Å². The highest BCUT2D eigenvalue weighted by Crippen LogP contribution is 2.21. The average Bonchev–Trinajstić information content (AvgIpc) is 2.78. The number of rotatable bonds is 9. The van der Waals surface area contributed by atoms with E-state index in [-0.39, 0.29) is 34.3 Å². The Labute approximate surface area is 204 Å². The number of likely N-dealkylation sites (tertiary alicyclic amines) is 1. The van der Waals surface area contributed by atoms with Gasteiger partial charge in [-0.25, -0.2) is 8.42 Å². The minimum absolute atomic E-state index is 0.0543. The molecule has 0 aliphatic carbocycles. The molecule has 0 radical (unpaired) electrons. The Hall–Kier alpha value is -3.58. The van der Waals surface area contributed by atoms with Crippen molar-refractivity contribution in [2.45, 2.75) is 23.8 Å². The number of carbonyl (C=O) groups is 2. The molecule has 1 fully saturated rings. The van der Waals surface area contributed by atoms with Gasteiger partial charge in [0, 0.05) is 43.7 Å². The van der Waals surface area contributed by atoms with Crippen molar-refractivity contribution in [3.05, 3.63) is 42.1 Å². The maximum absolute atomic E-state index is 12.5. The Morgan fingerprint density at radius 1 is 1.23 bits per heavy atom. The largest absolute Gasteiger partial charge is 0.364 e. The average molecular weight is 503 g/mol. The van der Waals surface area contributed by atoms with Gasteiger partial charge in [-0.1, -0.05) is 6.08 Å². The fourth-order valence-corrected chi connectivity index (χ4v) is 4.14.